The average molecular weight is 415 g/mol. The molecule has 1 aromatic rings. The standard InChI is InChI=1S/C24H42N6/c1-28(2)17-13-22-18-20(19-30(22)21-10-6-5-7-11-21)26-24-25-14-12-23(27-24)29-15-8-3-4-9-16-29/h12,14,20-22H,3-11,13,15-19H2,1-2H3,(H,25,26,27)/t20-,22-/m0/s1. The molecule has 2 aliphatic heterocycles. The quantitative estimate of drug-likeness (QED) is 0.728. The van der Waals surface area contributed by atoms with Gasteiger partial charge >= 0.3 is 0 Å². The van der Waals surface area contributed by atoms with Gasteiger partial charge in [0.15, 0.2) is 0 Å². The maximum Gasteiger partial charge on any atom is 0.224 e. The fourth-order valence-corrected chi connectivity index (χ4v) is 5.67. The Kier molecular flexibility index (Phi) is 7.83. The third-order valence-corrected chi connectivity index (χ3v) is 7.31. The molecule has 0 aromatic carbocycles. The van der Waals surface area contributed by atoms with Crippen LogP contribution in [0.15, 0.2) is 12.3 Å². The van der Waals surface area contributed by atoms with Crippen molar-refractivity contribution in [3.8, 4) is 0 Å². The second-order valence-corrected chi connectivity index (χ2v) is 9.95. The average Bonchev–Trinajstić information content (AvgIpc) is 2.96. The van der Waals surface area contributed by atoms with E-state index in [4.69, 9.17) is 4.98 Å². The lowest BCUT2D eigenvalue weighted by molar-refractivity contribution is 0.130. The van der Waals surface area contributed by atoms with Crippen LogP contribution in [0.25, 0.3) is 0 Å². The van der Waals surface area contributed by atoms with Crippen molar-refractivity contribution in [2.75, 3.05) is 50.5 Å². The lowest BCUT2D eigenvalue weighted by Gasteiger charge is -2.36. The maximum absolute atomic E-state index is 4.92. The number of nitrogens with zero attached hydrogens (tertiary/aromatic N) is 5. The van der Waals surface area contributed by atoms with Crippen molar-refractivity contribution < 1.29 is 0 Å². The molecule has 1 aromatic heterocycles. The van der Waals surface area contributed by atoms with E-state index in [-0.39, 0.29) is 0 Å². The molecule has 3 heterocycles. The van der Waals surface area contributed by atoms with Gasteiger partial charge in [-0.1, -0.05) is 32.1 Å². The first kappa shape index (κ1) is 21.8. The molecule has 3 fully saturated rings. The van der Waals surface area contributed by atoms with Crippen LogP contribution in [0.4, 0.5) is 11.8 Å². The van der Waals surface area contributed by atoms with Crippen molar-refractivity contribution >= 4 is 11.8 Å². The molecule has 6 heteroatoms. The van der Waals surface area contributed by atoms with E-state index in [1.54, 1.807) is 0 Å². The number of hydrogen-bond donors (Lipinski definition) is 1. The monoisotopic (exact) mass is 414 g/mol. The zero-order valence-electron chi connectivity index (χ0n) is 19.2. The van der Waals surface area contributed by atoms with Crippen LogP contribution in [0.1, 0.15) is 70.6 Å². The summed E-state index contributed by atoms with van der Waals surface area (Å²) in [5.74, 6) is 1.92. The first-order chi connectivity index (χ1) is 14.7. The van der Waals surface area contributed by atoms with Gasteiger partial charge in [0, 0.05) is 44.0 Å². The van der Waals surface area contributed by atoms with Gasteiger partial charge in [-0.05, 0) is 65.2 Å². The number of anilines is 2. The molecule has 0 amide bonds. The first-order valence-electron chi connectivity index (χ1n) is 12.4. The van der Waals surface area contributed by atoms with Crippen molar-refractivity contribution in [3.05, 3.63) is 12.3 Å². The van der Waals surface area contributed by atoms with Gasteiger partial charge in [0.2, 0.25) is 5.95 Å². The third-order valence-electron chi connectivity index (χ3n) is 7.31. The molecule has 1 saturated carbocycles. The van der Waals surface area contributed by atoms with Crippen LogP contribution in [0.3, 0.4) is 0 Å². The molecule has 2 atom stereocenters. The van der Waals surface area contributed by atoms with Crippen molar-refractivity contribution in [2.24, 2.45) is 0 Å². The van der Waals surface area contributed by atoms with E-state index in [1.165, 1.54) is 77.2 Å². The van der Waals surface area contributed by atoms with Gasteiger partial charge in [-0.2, -0.15) is 4.98 Å². The van der Waals surface area contributed by atoms with Gasteiger partial charge in [-0.25, -0.2) is 4.98 Å². The Hall–Kier alpha value is -1.40. The van der Waals surface area contributed by atoms with Gasteiger partial charge < -0.3 is 15.1 Å². The Labute approximate surface area is 183 Å². The molecule has 3 aliphatic rings. The fraction of sp³-hybridized carbons (Fsp3) is 0.833. The molecule has 0 unspecified atom stereocenters. The maximum atomic E-state index is 4.92. The summed E-state index contributed by atoms with van der Waals surface area (Å²) >= 11 is 0. The summed E-state index contributed by atoms with van der Waals surface area (Å²) in [5.41, 5.74) is 0. The SMILES string of the molecule is CN(C)CC[C@H]1C[C@H](Nc2nccc(N3CCCCCC3)n2)CN1C1CCCCC1. The highest BCUT2D eigenvalue weighted by atomic mass is 15.3. The lowest BCUT2D eigenvalue weighted by Crippen LogP contribution is -2.42. The molecule has 0 radical (unpaired) electrons. The third kappa shape index (κ3) is 5.85. The van der Waals surface area contributed by atoms with Crippen LogP contribution in [-0.4, -0.2) is 78.2 Å². The smallest absolute Gasteiger partial charge is 0.224 e. The molecule has 30 heavy (non-hydrogen) atoms. The number of hydrogen-bond acceptors (Lipinski definition) is 6. The molecule has 4 rings (SSSR count). The predicted molar refractivity (Wildman–Crippen MR) is 125 cm³/mol. The van der Waals surface area contributed by atoms with E-state index in [2.05, 4.69) is 45.2 Å². The van der Waals surface area contributed by atoms with Gasteiger partial charge in [-0.3, -0.25) is 4.90 Å². The number of nitrogens with one attached hydrogen (secondary N) is 1. The molecule has 0 bridgehead atoms. The van der Waals surface area contributed by atoms with Gasteiger partial charge in [0.25, 0.3) is 0 Å². The Balaban J connectivity index is 1.40. The normalized spacial score (nSPS) is 26.8. The predicted octanol–water partition coefficient (Wildman–Crippen LogP) is 4.00. The van der Waals surface area contributed by atoms with Crippen molar-refractivity contribution in [2.45, 2.75) is 88.8 Å². The van der Waals surface area contributed by atoms with E-state index >= 15 is 0 Å². The van der Waals surface area contributed by atoms with E-state index in [9.17, 15) is 0 Å². The van der Waals surface area contributed by atoms with Crippen molar-refractivity contribution in [1.82, 2.24) is 19.8 Å². The van der Waals surface area contributed by atoms with Crippen LogP contribution < -0.4 is 10.2 Å². The van der Waals surface area contributed by atoms with Gasteiger partial charge in [0.1, 0.15) is 5.82 Å². The zero-order valence-corrected chi connectivity index (χ0v) is 19.2. The Morgan fingerprint density at radius 3 is 2.50 bits per heavy atom. The molecule has 6 nitrogen and oxygen atoms in total. The van der Waals surface area contributed by atoms with Gasteiger partial charge in [0.05, 0.1) is 0 Å². The van der Waals surface area contributed by atoms with Crippen LogP contribution >= 0.6 is 0 Å². The van der Waals surface area contributed by atoms with Crippen molar-refractivity contribution in [3.63, 3.8) is 0 Å². The Morgan fingerprint density at radius 1 is 1.03 bits per heavy atom. The lowest BCUT2D eigenvalue weighted by atomic mass is 9.93. The Bertz CT molecular complexity index is 636. The largest absolute Gasteiger partial charge is 0.356 e. The Morgan fingerprint density at radius 2 is 1.77 bits per heavy atom. The summed E-state index contributed by atoms with van der Waals surface area (Å²) in [6, 6.07) is 4.00. The summed E-state index contributed by atoms with van der Waals surface area (Å²) in [7, 11) is 4.38. The fourth-order valence-electron chi connectivity index (χ4n) is 5.67. The highest BCUT2D eigenvalue weighted by Gasteiger charge is 2.36. The molecule has 2 saturated heterocycles. The number of rotatable bonds is 7. The molecular formula is C24H42N6. The molecule has 0 spiro atoms. The molecule has 1 N–H and O–H groups in total. The minimum Gasteiger partial charge on any atom is -0.356 e. The molecule has 168 valence electrons. The van der Waals surface area contributed by atoms with Crippen LogP contribution in [0.2, 0.25) is 0 Å². The van der Waals surface area contributed by atoms with E-state index in [0.29, 0.717) is 12.1 Å². The van der Waals surface area contributed by atoms with Crippen LogP contribution in [0, 0.1) is 0 Å². The van der Waals surface area contributed by atoms with Crippen molar-refractivity contribution in [1.29, 1.82) is 0 Å². The van der Waals surface area contributed by atoms with E-state index in [0.717, 1.165) is 37.4 Å². The second kappa shape index (κ2) is 10.8. The number of aromatic nitrogens is 2. The highest BCUT2D eigenvalue weighted by molar-refractivity contribution is 5.43. The number of likely N-dealkylation sites (tertiary alicyclic amines) is 1. The second-order valence-electron chi connectivity index (χ2n) is 9.95. The van der Waals surface area contributed by atoms with Crippen LogP contribution in [0.5, 0.6) is 0 Å². The van der Waals surface area contributed by atoms with Gasteiger partial charge in [-0.15, -0.1) is 0 Å². The zero-order chi connectivity index (χ0) is 20.8. The topological polar surface area (TPSA) is 47.5 Å². The highest BCUT2D eigenvalue weighted by Crippen LogP contribution is 2.32. The summed E-state index contributed by atoms with van der Waals surface area (Å²) in [6.07, 6.45) is 16.6. The van der Waals surface area contributed by atoms with E-state index in [1.807, 2.05) is 6.20 Å². The summed E-state index contributed by atoms with van der Waals surface area (Å²) in [6.45, 7) is 4.56. The summed E-state index contributed by atoms with van der Waals surface area (Å²) in [4.78, 5) is 17.1. The minimum absolute atomic E-state index is 0.457. The minimum atomic E-state index is 0.457. The van der Waals surface area contributed by atoms with E-state index < -0.39 is 0 Å². The summed E-state index contributed by atoms with van der Waals surface area (Å²) < 4.78 is 0. The first-order valence-corrected chi connectivity index (χ1v) is 12.4. The molecular weight excluding hydrogens is 372 g/mol. The summed E-state index contributed by atoms with van der Waals surface area (Å²) in [5, 5.41) is 3.72. The van der Waals surface area contributed by atoms with Crippen LogP contribution in [-0.2, 0) is 0 Å². The molecule has 1 aliphatic carbocycles.